The summed E-state index contributed by atoms with van der Waals surface area (Å²) in [6, 6.07) is 2.60. The van der Waals surface area contributed by atoms with Crippen molar-refractivity contribution in [2.24, 2.45) is 11.8 Å². The number of ether oxygens (including phenoxy) is 1. The third kappa shape index (κ3) is 4.28. The van der Waals surface area contributed by atoms with E-state index in [2.05, 4.69) is 5.32 Å². The minimum atomic E-state index is -0.912. The van der Waals surface area contributed by atoms with Gasteiger partial charge in [-0.2, -0.15) is 0 Å². The summed E-state index contributed by atoms with van der Waals surface area (Å²) in [6.45, 7) is 4.50. The van der Waals surface area contributed by atoms with E-state index in [0.717, 1.165) is 0 Å². The number of carbonyl (C=O) groups excluding carboxylic acids is 1. The highest BCUT2D eigenvalue weighted by molar-refractivity contribution is 5.97. The SMILES string of the molecule is Cc1cc(F)cc(C)c1C(=O)NCC(C(=O)O)C1CCOCC1. The minimum Gasteiger partial charge on any atom is -0.481 e. The summed E-state index contributed by atoms with van der Waals surface area (Å²) in [5.74, 6) is -2.30. The Morgan fingerprint density at radius 3 is 2.39 bits per heavy atom. The Balaban J connectivity index is 2.06. The topological polar surface area (TPSA) is 75.6 Å². The van der Waals surface area contributed by atoms with Crippen LogP contribution in [-0.2, 0) is 9.53 Å². The fourth-order valence-corrected chi connectivity index (χ4v) is 3.13. The first kappa shape index (κ1) is 17.4. The number of aliphatic carboxylic acids is 1. The van der Waals surface area contributed by atoms with E-state index in [4.69, 9.17) is 4.74 Å². The average Bonchev–Trinajstić information content (AvgIpc) is 2.47. The fraction of sp³-hybridized carbons (Fsp3) is 0.529. The molecule has 1 aliphatic rings. The Morgan fingerprint density at radius 2 is 1.87 bits per heavy atom. The lowest BCUT2D eigenvalue weighted by molar-refractivity contribution is -0.144. The van der Waals surface area contributed by atoms with Gasteiger partial charge in [0.15, 0.2) is 0 Å². The summed E-state index contributed by atoms with van der Waals surface area (Å²) in [6.07, 6.45) is 1.36. The lowest BCUT2D eigenvalue weighted by Crippen LogP contribution is -2.39. The van der Waals surface area contributed by atoms with Gasteiger partial charge < -0.3 is 15.2 Å². The maximum Gasteiger partial charge on any atom is 0.308 e. The first-order chi connectivity index (χ1) is 10.9. The van der Waals surface area contributed by atoms with E-state index < -0.39 is 11.9 Å². The van der Waals surface area contributed by atoms with E-state index in [1.807, 2.05) is 0 Å². The van der Waals surface area contributed by atoms with Crippen molar-refractivity contribution < 1.29 is 23.8 Å². The van der Waals surface area contributed by atoms with Crippen LogP contribution in [0.25, 0.3) is 0 Å². The zero-order valence-corrected chi connectivity index (χ0v) is 13.4. The van der Waals surface area contributed by atoms with Crippen molar-refractivity contribution in [1.82, 2.24) is 5.32 Å². The monoisotopic (exact) mass is 323 g/mol. The Morgan fingerprint density at radius 1 is 1.30 bits per heavy atom. The van der Waals surface area contributed by atoms with Crippen molar-refractivity contribution >= 4 is 11.9 Å². The van der Waals surface area contributed by atoms with Gasteiger partial charge in [-0.05, 0) is 55.9 Å². The number of carboxylic acids is 1. The molecule has 5 nitrogen and oxygen atoms in total. The van der Waals surface area contributed by atoms with Crippen LogP contribution < -0.4 is 5.32 Å². The predicted molar refractivity (Wildman–Crippen MR) is 82.9 cm³/mol. The molecule has 1 aromatic rings. The summed E-state index contributed by atoms with van der Waals surface area (Å²) >= 11 is 0. The second-order valence-corrected chi connectivity index (χ2v) is 6.02. The van der Waals surface area contributed by atoms with Gasteiger partial charge in [0.25, 0.3) is 5.91 Å². The molecule has 1 aromatic carbocycles. The van der Waals surface area contributed by atoms with E-state index in [1.165, 1.54) is 12.1 Å². The molecule has 1 fully saturated rings. The van der Waals surface area contributed by atoms with Crippen LogP contribution >= 0.6 is 0 Å². The van der Waals surface area contributed by atoms with Crippen molar-refractivity contribution in [2.75, 3.05) is 19.8 Å². The van der Waals surface area contributed by atoms with Crippen LogP contribution in [-0.4, -0.2) is 36.7 Å². The maximum atomic E-state index is 13.3. The quantitative estimate of drug-likeness (QED) is 0.872. The van der Waals surface area contributed by atoms with Crippen molar-refractivity contribution in [3.8, 4) is 0 Å². The van der Waals surface area contributed by atoms with Crippen LogP contribution in [0.5, 0.6) is 0 Å². The number of amides is 1. The highest BCUT2D eigenvalue weighted by Gasteiger charge is 2.30. The van der Waals surface area contributed by atoms with E-state index in [1.54, 1.807) is 13.8 Å². The van der Waals surface area contributed by atoms with Gasteiger partial charge in [-0.15, -0.1) is 0 Å². The number of aryl methyl sites for hydroxylation is 2. The van der Waals surface area contributed by atoms with E-state index in [9.17, 15) is 19.1 Å². The highest BCUT2D eigenvalue weighted by Crippen LogP contribution is 2.24. The Hall–Kier alpha value is -1.95. The lowest BCUT2D eigenvalue weighted by Gasteiger charge is -2.27. The largest absolute Gasteiger partial charge is 0.481 e. The highest BCUT2D eigenvalue weighted by atomic mass is 19.1. The standard InChI is InChI=1S/C17H22FNO4/c1-10-7-13(18)8-11(2)15(10)16(20)19-9-14(17(21)22)12-3-5-23-6-4-12/h7-8,12,14H,3-6,9H2,1-2H3,(H,19,20)(H,21,22). The normalized spacial score (nSPS) is 16.8. The van der Waals surface area contributed by atoms with Crippen LogP contribution in [0.4, 0.5) is 4.39 Å². The van der Waals surface area contributed by atoms with Crippen molar-refractivity contribution in [3.63, 3.8) is 0 Å². The fourth-order valence-electron chi connectivity index (χ4n) is 3.13. The number of carboxylic acid groups (broad SMARTS) is 1. The zero-order chi connectivity index (χ0) is 17.0. The molecule has 1 unspecified atom stereocenters. The molecule has 1 aliphatic heterocycles. The molecule has 6 heteroatoms. The molecule has 0 saturated carbocycles. The Labute approximate surface area is 134 Å². The van der Waals surface area contributed by atoms with Crippen LogP contribution in [0.15, 0.2) is 12.1 Å². The Bertz CT molecular complexity index is 573. The molecule has 1 amide bonds. The van der Waals surface area contributed by atoms with Gasteiger partial charge in [0.1, 0.15) is 5.82 Å². The van der Waals surface area contributed by atoms with Crippen LogP contribution in [0.3, 0.4) is 0 Å². The third-order valence-electron chi connectivity index (χ3n) is 4.36. The number of halogens is 1. The van der Waals surface area contributed by atoms with Crippen LogP contribution in [0.1, 0.15) is 34.3 Å². The predicted octanol–water partition coefficient (Wildman–Crippen LogP) is 2.30. The second-order valence-electron chi connectivity index (χ2n) is 6.02. The molecule has 1 heterocycles. The van der Waals surface area contributed by atoms with Gasteiger partial charge in [-0.25, -0.2) is 4.39 Å². The third-order valence-corrected chi connectivity index (χ3v) is 4.36. The smallest absolute Gasteiger partial charge is 0.308 e. The molecule has 1 saturated heterocycles. The number of hydrogen-bond donors (Lipinski definition) is 2. The molecule has 0 radical (unpaired) electrons. The van der Waals surface area contributed by atoms with E-state index in [0.29, 0.717) is 42.7 Å². The number of benzene rings is 1. The molecule has 2 rings (SSSR count). The van der Waals surface area contributed by atoms with E-state index >= 15 is 0 Å². The summed E-state index contributed by atoms with van der Waals surface area (Å²) < 4.78 is 18.6. The lowest BCUT2D eigenvalue weighted by atomic mass is 9.86. The summed E-state index contributed by atoms with van der Waals surface area (Å²) in [7, 11) is 0. The van der Waals surface area contributed by atoms with Crippen LogP contribution in [0, 0.1) is 31.5 Å². The van der Waals surface area contributed by atoms with Crippen molar-refractivity contribution in [3.05, 3.63) is 34.6 Å². The van der Waals surface area contributed by atoms with Gasteiger partial charge in [0, 0.05) is 25.3 Å². The number of hydrogen-bond acceptors (Lipinski definition) is 3. The number of carbonyl (C=O) groups is 2. The minimum absolute atomic E-state index is 0.00281. The molecule has 23 heavy (non-hydrogen) atoms. The molecular formula is C17H22FNO4. The first-order valence-electron chi connectivity index (χ1n) is 7.75. The van der Waals surface area contributed by atoms with Crippen molar-refractivity contribution in [2.45, 2.75) is 26.7 Å². The molecular weight excluding hydrogens is 301 g/mol. The van der Waals surface area contributed by atoms with Gasteiger partial charge in [0.05, 0.1) is 5.92 Å². The molecule has 0 aromatic heterocycles. The molecule has 1 atom stereocenters. The number of nitrogens with one attached hydrogen (secondary N) is 1. The second kappa shape index (κ2) is 7.55. The van der Waals surface area contributed by atoms with Crippen LogP contribution in [0.2, 0.25) is 0 Å². The summed E-state index contributed by atoms with van der Waals surface area (Å²) in [4.78, 5) is 23.8. The first-order valence-corrected chi connectivity index (χ1v) is 7.75. The summed E-state index contributed by atoms with van der Waals surface area (Å²) in [5.41, 5.74) is 1.48. The van der Waals surface area contributed by atoms with Gasteiger partial charge >= 0.3 is 5.97 Å². The summed E-state index contributed by atoms with van der Waals surface area (Å²) in [5, 5.41) is 12.1. The average molecular weight is 323 g/mol. The molecule has 126 valence electrons. The van der Waals surface area contributed by atoms with Gasteiger partial charge in [-0.1, -0.05) is 0 Å². The molecule has 0 spiro atoms. The van der Waals surface area contributed by atoms with Gasteiger partial charge in [0.2, 0.25) is 0 Å². The zero-order valence-electron chi connectivity index (χ0n) is 13.4. The van der Waals surface area contributed by atoms with Gasteiger partial charge in [-0.3, -0.25) is 9.59 Å². The van der Waals surface area contributed by atoms with E-state index in [-0.39, 0.29) is 24.2 Å². The molecule has 0 bridgehead atoms. The maximum absolute atomic E-state index is 13.3. The Kier molecular flexibility index (Phi) is 5.71. The number of rotatable bonds is 5. The molecule has 2 N–H and O–H groups in total. The molecule has 0 aliphatic carbocycles. The van der Waals surface area contributed by atoms with Crippen molar-refractivity contribution in [1.29, 1.82) is 0 Å².